The van der Waals surface area contributed by atoms with Gasteiger partial charge in [-0.25, -0.2) is 0 Å². The normalized spacial score (nSPS) is 10.8. The topological polar surface area (TPSA) is 94.3 Å². The van der Waals surface area contributed by atoms with Crippen LogP contribution in [0.2, 0.25) is 0 Å². The van der Waals surface area contributed by atoms with Gasteiger partial charge in [0.1, 0.15) is 5.75 Å². The first-order valence-corrected chi connectivity index (χ1v) is 7.95. The summed E-state index contributed by atoms with van der Waals surface area (Å²) in [5.74, 6) is -0.252. The second-order valence-electron chi connectivity index (χ2n) is 5.56. The first-order valence-electron chi connectivity index (χ1n) is 7.95. The first kappa shape index (κ1) is 17.2. The molecule has 0 bridgehead atoms. The number of nitrogens with zero attached hydrogens (tertiary/aromatic N) is 1. The molecule has 0 radical (unpaired) electrons. The summed E-state index contributed by atoms with van der Waals surface area (Å²) in [5, 5.41) is 3.74. The fraction of sp³-hybridized carbons (Fsp3) is 0.0500. The number of para-hydroxylation sites is 1. The number of hydrogen-bond donors (Lipinski definition) is 2. The zero-order valence-corrected chi connectivity index (χ0v) is 13.9. The van der Waals surface area contributed by atoms with Crippen LogP contribution in [0.5, 0.6) is 5.75 Å². The van der Waals surface area contributed by atoms with Gasteiger partial charge in [-0.2, -0.15) is 0 Å². The van der Waals surface area contributed by atoms with Crippen LogP contribution in [0.25, 0.3) is 17.0 Å². The molecule has 3 rings (SSSR count). The molecule has 6 heteroatoms. The second kappa shape index (κ2) is 7.94. The minimum absolute atomic E-state index is 0.169. The highest BCUT2D eigenvalue weighted by Gasteiger charge is 2.01. The summed E-state index contributed by atoms with van der Waals surface area (Å²) in [5.41, 5.74) is 7.35. The minimum Gasteiger partial charge on any atom is -0.484 e. The average Bonchev–Trinajstić information content (AvgIpc) is 2.65. The van der Waals surface area contributed by atoms with Crippen molar-refractivity contribution in [1.29, 1.82) is 0 Å². The molecule has 2 amide bonds. The van der Waals surface area contributed by atoms with Crippen LogP contribution >= 0.6 is 0 Å². The number of primary amides is 1. The Morgan fingerprint density at radius 1 is 1.12 bits per heavy atom. The van der Waals surface area contributed by atoms with Crippen LogP contribution < -0.4 is 15.8 Å². The molecule has 1 heterocycles. The van der Waals surface area contributed by atoms with Gasteiger partial charge in [0.05, 0.1) is 17.4 Å². The molecular weight excluding hydrogens is 330 g/mol. The van der Waals surface area contributed by atoms with Crippen LogP contribution in [-0.2, 0) is 9.59 Å². The Balaban J connectivity index is 1.60. The van der Waals surface area contributed by atoms with Gasteiger partial charge in [0.2, 0.25) is 5.91 Å². The van der Waals surface area contributed by atoms with Crippen LogP contribution in [0.4, 0.5) is 5.69 Å². The molecule has 2 aromatic carbocycles. The number of pyridine rings is 1. The van der Waals surface area contributed by atoms with Crippen molar-refractivity contribution in [3.05, 3.63) is 72.4 Å². The zero-order valence-electron chi connectivity index (χ0n) is 13.9. The second-order valence-corrected chi connectivity index (χ2v) is 5.56. The average molecular weight is 347 g/mol. The third-order valence-electron chi connectivity index (χ3n) is 3.55. The highest BCUT2D eigenvalue weighted by molar-refractivity contribution is 6.02. The van der Waals surface area contributed by atoms with Crippen LogP contribution in [0.1, 0.15) is 5.56 Å². The number of ether oxygens (including phenoxy) is 1. The van der Waals surface area contributed by atoms with E-state index in [0.717, 1.165) is 16.5 Å². The van der Waals surface area contributed by atoms with Crippen LogP contribution in [0, 0.1) is 0 Å². The van der Waals surface area contributed by atoms with E-state index in [0.29, 0.717) is 11.4 Å². The summed E-state index contributed by atoms with van der Waals surface area (Å²) in [6, 6.07) is 16.5. The van der Waals surface area contributed by atoms with Gasteiger partial charge in [-0.15, -0.1) is 0 Å². The molecule has 3 aromatic rings. The Morgan fingerprint density at radius 3 is 2.65 bits per heavy atom. The van der Waals surface area contributed by atoms with Gasteiger partial charge in [0.15, 0.2) is 6.61 Å². The summed E-state index contributed by atoms with van der Waals surface area (Å²) in [6.07, 6.45) is 4.75. The van der Waals surface area contributed by atoms with Crippen molar-refractivity contribution in [3.8, 4) is 5.75 Å². The third-order valence-corrected chi connectivity index (χ3v) is 3.55. The predicted octanol–water partition coefficient (Wildman–Crippen LogP) is 2.75. The maximum absolute atomic E-state index is 12.1. The van der Waals surface area contributed by atoms with Crippen molar-refractivity contribution in [1.82, 2.24) is 4.98 Å². The predicted molar refractivity (Wildman–Crippen MR) is 101 cm³/mol. The van der Waals surface area contributed by atoms with Crippen LogP contribution in [0.3, 0.4) is 0 Å². The molecule has 0 saturated carbocycles. The standard InChI is InChI=1S/C20H17N3O3/c21-19(24)13-26-17-8-5-14(6-9-17)7-10-20(25)23-16-11-15-3-1-2-4-18(15)22-12-16/h1-12H,13H2,(H2,21,24)(H,23,25). The molecule has 0 unspecified atom stereocenters. The molecule has 0 aliphatic heterocycles. The monoisotopic (exact) mass is 347 g/mol. The van der Waals surface area contributed by atoms with Crippen molar-refractivity contribution in [2.75, 3.05) is 11.9 Å². The van der Waals surface area contributed by atoms with E-state index in [1.165, 1.54) is 6.08 Å². The number of anilines is 1. The molecule has 1 aromatic heterocycles. The summed E-state index contributed by atoms with van der Waals surface area (Å²) in [7, 11) is 0. The summed E-state index contributed by atoms with van der Waals surface area (Å²) in [6.45, 7) is -0.169. The smallest absolute Gasteiger partial charge is 0.255 e. The Hall–Kier alpha value is -3.67. The Bertz CT molecular complexity index is 965. The highest BCUT2D eigenvalue weighted by atomic mass is 16.5. The van der Waals surface area contributed by atoms with Crippen molar-refractivity contribution in [2.24, 2.45) is 5.73 Å². The fourth-order valence-corrected chi connectivity index (χ4v) is 2.32. The molecule has 0 fully saturated rings. The number of carbonyl (C=O) groups is 2. The fourth-order valence-electron chi connectivity index (χ4n) is 2.32. The van der Waals surface area contributed by atoms with Gasteiger partial charge in [0, 0.05) is 11.5 Å². The SMILES string of the molecule is NC(=O)COc1ccc(C=CC(=O)Nc2cnc3ccccc3c2)cc1. The molecule has 3 N–H and O–H groups in total. The lowest BCUT2D eigenvalue weighted by molar-refractivity contribution is -0.120. The van der Waals surface area contributed by atoms with E-state index in [4.69, 9.17) is 10.5 Å². The number of benzene rings is 2. The third kappa shape index (κ3) is 4.67. The maximum atomic E-state index is 12.1. The van der Waals surface area contributed by atoms with Gasteiger partial charge in [-0.05, 0) is 35.9 Å². The van der Waals surface area contributed by atoms with E-state index >= 15 is 0 Å². The molecule has 0 saturated heterocycles. The number of carbonyl (C=O) groups excluding carboxylic acids is 2. The van der Waals surface area contributed by atoms with E-state index in [-0.39, 0.29) is 12.5 Å². The maximum Gasteiger partial charge on any atom is 0.255 e. The van der Waals surface area contributed by atoms with Crippen molar-refractivity contribution in [3.63, 3.8) is 0 Å². The molecule has 0 aliphatic rings. The van der Waals surface area contributed by atoms with Crippen molar-refractivity contribution < 1.29 is 14.3 Å². The van der Waals surface area contributed by atoms with Gasteiger partial charge in [-0.1, -0.05) is 30.3 Å². The molecule has 0 spiro atoms. The van der Waals surface area contributed by atoms with Gasteiger partial charge in [-0.3, -0.25) is 14.6 Å². The quantitative estimate of drug-likeness (QED) is 0.670. The number of fused-ring (bicyclic) bond motifs is 1. The van der Waals surface area contributed by atoms with Crippen LogP contribution in [-0.4, -0.2) is 23.4 Å². The Kier molecular flexibility index (Phi) is 5.24. The molecule has 130 valence electrons. The molecule has 0 aliphatic carbocycles. The number of nitrogens with one attached hydrogen (secondary N) is 1. The van der Waals surface area contributed by atoms with E-state index in [9.17, 15) is 9.59 Å². The lowest BCUT2D eigenvalue weighted by Gasteiger charge is -2.04. The number of aromatic nitrogens is 1. The Morgan fingerprint density at radius 2 is 1.88 bits per heavy atom. The molecule has 26 heavy (non-hydrogen) atoms. The van der Waals surface area contributed by atoms with E-state index in [1.807, 2.05) is 30.3 Å². The number of hydrogen-bond acceptors (Lipinski definition) is 4. The lowest BCUT2D eigenvalue weighted by Crippen LogP contribution is -2.19. The van der Waals surface area contributed by atoms with Gasteiger partial charge in [0.25, 0.3) is 5.91 Å². The van der Waals surface area contributed by atoms with Crippen LogP contribution in [0.15, 0.2) is 66.9 Å². The number of nitrogens with two attached hydrogens (primary N) is 1. The summed E-state index contributed by atoms with van der Waals surface area (Å²) < 4.78 is 5.18. The first-order chi connectivity index (χ1) is 12.6. The molecule has 0 atom stereocenters. The molecule has 6 nitrogen and oxygen atoms in total. The van der Waals surface area contributed by atoms with E-state index < -0.39 is 5.91 Å². The number of rotatable bonds is 6. The van der Waals surface area contributed by atoms with E-state index in [2.05, 4.69) is 10.3 Å². The zero-order chi connectivity index (χ0) is 18.4. The molecular formula is C20H17N3O3. The van der Waals surface area contributed by atoms with Crippen molar-refractivity contribution >= 4 is 34.5 Å². The largest absolute Gasteiger partial charge is 0.484 e. The number of amides is 2. The van der Waals surface area contributed by atoms with Crippen molar-refractivity contribution in [2.45, 2.75) is 0 Å². The summed E-state index contributed by atoms with van der Waals surface area (Å²) >= 11 is 0. The Labute approximate surface area is 150 Å². The highest BCUT2D eigenvalue weighted by Crippen LogP contribution is 2.16. The van der Waals surface area contributed by atoms with Gasteiger partial charge >= 0.3 is 0 Å². The minimum atomic E-state index is -0.533. The lowest BCUT2D eigenvalue weighted by atomic mass is 10.2. The van der Waals surface area contributed by atoms with E-state index in [1.54, 1.807) is 36.5 Å². The summed E-state index contributed by atoms with van der Waals surface area (Å²) in [4.78, 5) is 27.0. The van der Waals surface area contributed by atoms with Gasteiger partial charge < -0.3 is 15.8 Å².